The normalized spacial score (nSPS) is 13.2. The second-order valence-electron chi connectivity index (χ2n) is 6.57. The zero-order valence-electron chi connectivity index (χ0n) is 15.0. The molecular weight excluding hydrogens is 393 g/mol. The standard InChI is InChI=1S/C19H19F3N2O3S/c1-11(25)10-28(26,27)23-7-6-15-16-8-14(21)9-17(22)19(16)24-18(15)12-2-4-13(20)5-3-12/h2-5,8-9,11,23-25H,6-7,10H2,1H3. The highest BCUT2D eigenvalue weighted by molar-refractivity contribution is 7.89. The summed E-state index contributed by atoms with van der Waals surface area (Å²) in [5.74, 6) is -2.43. The van der Waals surface area contributed by atoms with Crippen molar-refractivity contribution in [3.05, 3.63) is 59.4 Å². The third-order valence-corrected chi connectivity index (χ3v) is 5.79. The number of nitrogens with one attached hydrogen (secondary N) is 2. The highest BCUT2D eigenvalue weighted by Crippen LogP contribution is 2.32. The minimum atomic E-state index is -3.69. The second kappa shape index (κ2) is 7.94. The number of hydrogen-bond acceptors (Lipinski definition) is 3. The Kier molecular flexibility index (Phi) is 5.78. The molecule has 1 unspecified atom stereocenters. The third kappa shape index (κ3) is 4.54. The van der Waals surface area contributed by atoms with E-state index in [1.54, 1.807) is 0 Å². The molecule has 3 N–H and O–H groups in total. The van der Waals surface area contributed by atoms with Gasteiger partial charge in [-0.1, -0.05) is 0 Å². The monoisotopic (exact) mass is 412 g/mol. The van der Waals surface area contributed by atoms with Gasteiger partial charge in [-0.05, 0) is 54.8 Å². The fourth-order valence-electron chi connectivity index (χ4n) is 3.10. The Morgan fingerprint density at radius 3 is 2.43 bits per heavy atom. The molecule has 0 spiro atoms. The zero-order chi connectivity index (χ0) is 20.5. The lowest BCUT2D eigenvalue weighted by molar-refractivity contribution is 0.217. The van der Waals surface area contributed by atoms with Gasteiger partial charge in [-0.25, -0.2) is 26.3 Å². The van der Waals surface area contributed by atoms with Crippen LogP contribution in [0.1, 0.15) is 12.5 Å². The SMILES string of the molecule is CC(O)CS(=O)(=O)NCCc1c(-c2ccc(F)cc2)[nH]c2c(F)cc(F)cc12. The molecule has 5 nitrogen and oxygen atoms in total. The first-order valence-electron chi connectivity index (χ1n) is 8.57. The number of benzene rings is 2. The molecule has 9 heteroatoms. The van der Waals surface area contributed by atoms with Gasteiger partial charge in [0.2, 0.25) is 10.0 Å². The predicted molar refractivity (Wildman–Crippen MR) is 101 cm³/mol. The van der Waals surface area contributed by atoms with Crippen LogP contribution < -0.4 is 4.72 Å². The van der Waals surface area contributed by atoms with Crippen molar-refractivity contribution in [2.75, 3.05) is 12.3 Å². The fourth-order valence-corrected chi connectivity index (χ4v) is 4.27. The number of aromatic amines is 1. The number of fused-ring (bicyclic) bond motifs is 1. The molecule has 0 saturated carbocycles. The molecule has 0 saturated heterocycles. The molecule has 0 amide bonds. The molecule has 2 aromatic carbocycles. The van der Waals surface area contributed by atoms with Gasteiger partial charge in [0, 0.05) is 23.7 Å². The maximum absolute atomic E-state index is 14.2. The topological polar surface area (TPSA) is 82.2 Å². The first-order chi connectivity index (χ1) is 13.2. The molecule has 0 radical (unpaired) electrons. The van der Waals surface area contributed by atoms with Gasteiger partial charge in [-0.3, -0.25) is 0 Å². The minimum absolute atomic E-state index is 0.0334. The van der Waals surface area contributed by atoms with Gasteiger partial charge in [0.15, 0.2) is 0 Å². The second-order valence-corrected chi connectivity index (χ2v) is 8.42. The molecule has 0 aliphatic heterocycles. The van der Waals surface area contributed by atoms with E-state index in [0.29, 0.717) is 16.8 Å². The van der Waals surface area contributed by atoms with Crippen LogP contribution in [0.5, 0.6) is 0 Å². The summed E-state index contributed by atoms with van der Waals surface area (Å²) in [6, 6.07) is 7.40. The van der Waals surface area contributed by atoms with Crippen molar-refractivity contribution in [2.24, 2.45) is 0 Å². The van der Waals surface area contributed by atoms with Crippen LogP contribution in [0.4, 0.5) is 13.2 Å². The number of hydrogen-bond donors (Lipinski definition) is 3. The zero-order valence-corrected chi connectivity index (χ0v) is 15.8. The summed E-state index contributed by atoms with van der Waals surface area (Å²) in [5.41, 5.74) is 1.59. The molecule has 1 heterocycles. The molecule has 0 aliphatic carbocycles. The summed E-state index contributed by atoms with van der Waals surface area (Å²) in [7, 11) is -3.69. The summed E-state index contributed by atoms with van der Waals surface area (Å²) in [4.78, 5) is 2.89. The Labute approximate surface area is 160 Å². The summed E-state index contributed by atoms with van der Waals surface area (Å²) >= 11 is 0. The quantitative estimate of drug-likeness (QED) is 0.558. The van der Waals surface area contributed by atoms with Crippen LogP contribution in [0, 0.1) is 17.5 Å². The number of halogens is 3. The molecule has 1 aromatic heterocycles. The van der Waals surface area contributed by atoms with E-state index >= 15 is 0 Å². The first-order valence-corrected chi connectivity index (χ1v) is 10.2. The molecule has 1 atom stereocenters. The summed E-state index contributed by atoms with van der Waals surface area (Å²) in [6.45, 7) is 1.32. The third-order valence-electron chi connectivity index (χ3n) is 4.22. The van der Waals surface area contributed by atoms with Crippen LogP contribution in [-0.2, 0) is 16.4 Å². The van der Waals surface area contributed by atoms with Gasteiger partial charge in [-0.2, -0.15) is 0 Å². The molecule has 0 aliphatic rings. The number of rotatable bonds is 7. The minimum Gasteiger partial charge on any atom is -0.392 e. The van der Waals surface area contributed by atoms with E-state index in [1.807, 2.05) is 0 Å². The van der Waals surface area contributed by atoms with Crippen molar-refractivity contribution in [1.82, 2.24) is 9.71 Å². The van der Waals surface area contributed by atoms with E-state index < -0.39 is 39.3 Å². The van der Waals surface area contributed by atoms with Gasteiger partial charge >= 0.3 is 0 Å². The fraction of sp³-hybridized carbons (Fsp3) is 0.263. The molecule has 150 valence electrons. The van der Waals surface area contributed by atoms with Crippen LogP contribution >= 0.6 is 0 Å². The highest BCUT2D eigenvalue weighted by Gasteiger charge is 2.19. The van der Waals surface area contributed by atoms with Gasteiger partial charge < -0.3 is 10.1 Å². The molecule has 28 heavy (non-hydrogen) atoms. The van der Waals surface area contributed by atoms with Crippen molar-refractivity contribution >= 4 is 20.9 Å². The Balaban J connectivity index is 1.99. The van der Waals surface area contributed by atoms with Gasteiger partial charge in [0.1, 0.15) is 17.5 Å². The lowest BCUT2D eigenvalue weighted by Crippen LogP contribution is -2.32. The Morgan fingerprint density at radius 1 is 1.11 bits per heavy atom. The Morgan fingerprint density at radius 2 is 1.79 bits per heavy atom. The van der Waals surface area contributed by atoms with Crippen LogP contribution in [0.15, 0.2) is 36.4 Å². The Hall–Kier alpha value is -2.36. The number of aliphatic hydroxyl groups excluding tert-OH is 1. The number of sulfonamides is 1. The molecule has 3 aromatic rings. The lowest BCUT2D eigenvalue weighted by atomic mass is 10.0. The number of aromatic nitrogens is 1. The predicted octanol–water partition coefficient (Wildman–Crippen LogP) is 3.09. The molecular formula is C19H19F3N2O3S. The Bertz CT molecular complexity index is 1090. The van der Waals surface area contributed by atoms with Crippen LogP contribution in [0.3, 0.4) is 0 Å². The van der Waals surface area contributed by atoms with Crippen LogP contribution in [0.25, 0.3) is 22.2 Å². The van der Waals surface area contributed by atoms with Crippen LogP contribution in [0.2, 0.25) is 0 Å². The van der Waals surface area contributed by atoms with E-state index in [1.165, 1.54) is 37.3 Å². The van der Waals surface area contributed by atoms with Crippen molar-refractivity contribution in [3.8, 4) is 11.3 Å². The largest absolute Gasteiger partial charge is 0.392 e. The summed E-state index contributed by atoms with van der Waals surface area (Å²) in [5, 5.41) is 9.53. The van der Waals surface area contributed by atoms with Crippen molar-refractivity contribution in [2.45, 2.75) is 19.4 Å². The maximum Gasteiger partial charge on any atom is 0.214 e. The number of aliphatic hydroxyl groups is 1. The summed E-state index contributed by atoms with van der Waals surface area (Å²) < 4.78 is 67.4. The van der Waals surface area contributed by atoms with E-state index in [-0.39, 0.29) is 23.9 Å². The molecule has 3 rings (SSSR count). The highest BCUT2D eigenvalue weighted by atomic mass is 32.2. The van der Waals surface area contributed by atoms with E-state index in [0.717, 1.165) is 6.07 Å². The van der Waals surface area contributed by atoms with E-state index in [2.05, 4.69) is 9.71 Å². The average Bonchev–Trinajstić information content (AvgIpc) is 2.93. The lowest BCUT2D eigenvalue weighted by Gasteiger charge is -2.09. The van der Waals surface area contributed by atoms with Crippen molar-refractivity contribution in [3.63, 3.8) is 0 Å². The van der Waals surface area contributed by atoms with E-state index in [9.17, 15) is 26.7 Å². The molecule has 0 bridgehead atoms. The smallest absolute Gasteiger partial charge is 0.214 e. The molecule has 0 fully saturated rings. The van der Waals surface area contributed by atoms with Crippen LogP contribution in [-0.4, -0.2) is 36.9 Å². The van der Waals surface area contributed by atoms with Gasteiger partial charge in [-0.15, -0.1) is 0 Å². The first kappa shape index (κ1) is 20.4. The van der Waals surface area contributed by atoms with Crippen molar-refractivity contribution < 1.29 is 26.7 Å². The van der Waals surface area contributed by atoms with Gasteiger partial charge in [0.25, 0.3) is 0 Å². The summed E-state index contributed by atoms with van der Waals surface area (Å²) in [6.07, 6.45) is -0.891. The van der Waals surface area contributed by atoms with Crippen molar-refractivity contribution in [1.29, 1.82) is 0 Å². The van der Waals surface area contributed by atoms with Gasteiger partial charge in [0.05, 0.1) is 17.4 Å². The average molecular weight is 412 g/mol. The maximum atomic E-state index is 14.2. The number of H-pyrrole nitrogens is 1. The van der Waals surface area contributed by atoms with E-state index in [4.69, 9.17) is 0 Å².